The molecular weight excluding hydrogens is 248 g/mol. The van der Waals surface area contributed by atoms with Gasteiger partial charge in [0.2, 0.25) is 0 Å². The van der Waals surface area contributed by atoms with Crippen LogP contribution >= 0.6 is 0 Å². The minimum absolute atomic E-state index is 0. The third kappa shape index (κ3) is 8.78. The number of benzene rings is 1. The topological polar surface area (TPSA) is 115 Å². The van der Waals surface area contributed by atoms with Gasteiger partial charge in [0.1, 0.15) is 0 Å². The second-order valence-electron chi connectivity index (χ2n) is 3.12. The minimum atomic E-state index is -4.02. The molecule has 0 aliphatic carbocycles. The van der Waals surface area contributed by atoms with Gasteiger partial charge in [0.15, 0.2) is 6.29 Å². The zero-order chi connectivity index (χ0) is 12.8. The summed E-state index contributed by atoms with van der Waals surface area (Å²) in [7, 11) is -2.57. The highest BCUT2D eigenvalue weighted by atomic mass is 32.2. The van der Waals surface area contributed by atoms with Crippen molar-refractivity contribution in [2.75, 3.05) is 7.11 Å². The van der Waals surface area contributed by atoms with E-state index < -0.39 is 16.4 Å². The molecule has 0 aliphatic heterocycles. The van der Waals surface area contributed by atoms with Gasteiger partial charge in [-0.1, -0.05) is 17.7 Å². The van der Waals surface area contributed by atoms with E-state index in [0.717, 1.165) is 5.56 Å². The highest BCUT2D eigenvalue weighted by molar-refractivity contribution is 7.85. The summed E-state index contributed by atoms with van der Waals surface area (Å²) in [5.74, 6) is 0. The maximum Gasteiger partial charge on any atom is 0.294 e. The van der Waals surface area contributed by atoms with Crippen LogP contribution in [0.5, 0.6) is 0 Å². The summed E-state index contributed by atoms with van der Waals surface area (Å²) < 4.78 is 33.9. The standard InChI is InChI=1S/C7H8O3S.C3H8O2.H2O/c1-6-2-4-7(5-3-6)11(8,9)10;1-3(4)5-2;/h2-5H,1H3,(H,8,9,10);3-4H,1-2H3;1H2. The fourth-order valence-corrected chi connectivity index (χ4v) is 1.19. The molecule has 7 heteroatoms. The SMILES string of the molecule is COC(C)O.Cc1ccc(S(=O)(=O)O)cc1.O. The molecule has 6 nitrogen and oxygen atoms in total. The van der Waals surface area contributed by atoms with Crippen molar-refractivity contribution in [3.63, 3.8) is 0 Å². The number of rotatable bonds is 2. The van der Waals surface area contributed by atoms with E-state index >= 15 is 0 Å². The molecule has 0 aliphatic rings. The lowest BCUT2D eigenvalue weighted by Crippen LogP contribution is -1.99. The van der Waals surface area contributed by atoms with E-state index in [0.29, 0.717) is 0 Å². The number of aliphatic hydroxyl groups is 1. The average molecular weight is 266 g/mol. The van der Waals surface area contributed by atoms with E-state index in [2.05, 4.69) is 4.74 Å². The Morgan fingerprint density at radius 2 is 1.59 bits per heavy atom. The molecule has 100 valence electrons. The van der Waals surface area contributed by atoms with Gasteiger partial charge < -0.3 is 15.3 Å². The second kappa shape index (κ2) is 8.15. The Morgan fingerprint density at radius 1 is 1.24 bits per heavy atom. The van der Waals surface area contributed by atoms with E-state index in [1.807, 2.05) is 6.92 Å². The Morgan fingerprint density at radius 3 is 1.82 bits per heavy atom. The van der Waals surface area contributed by atoms with Gasteiger partial charge in [-0.2, -0.15) is 8.42 Å². The van der Waals surface area contributed by atoms with Gasteiger partial charge in [0, 0.05) is 7.11 Å². The Hall–Kier alpha value is -0.990. The number of ether oxygens (including phenoxy) is 1. The van der Waals surface area contributed by atoms with Crippen LogP contribution in [0.3, 0.4) is 0 Å². The van der Waals surface area contributed by atoms with Gasteiger partial charge in [-0.05, 0) is 26.0 Å². The molecule has 0 fully saturated rings. The molecule has 0 saturated heterocycles. The Bertz CT molecular complexity index is 395. The van der Waals surface area contributed by atoms with Crippen molar-refractivity contribution in [1.82, 2.24) is 0 Å². The first-order valence-corrected chi connectivity index (χ1v) is 5.96. The first kappa shape index (κ1) is 18.4. The molecular formula is C10H18O6S. The van der Waals surface area contributed by atoms with Crippen LogP contribution in [-0.2, 0) is 14.9 Å². The number of hydrogen-bond acceptors (Lipinski definition) is 4. The highest BCUT2D eigenvalue weighted by Crippen LogP contribution is 2.08. The molecule has 1 aromatic carbocycles. The first-order chi connectivity index (χ1) is 7.27. The summed E-state index contributed by atoms with van der Waals surface area (Å²) in [4.78, 5) is -0.0666. The number of hydrogen-bond donors (Lipinski definition) is 2. The summed E-state index contributed by atoms with van der Waals surface area (Å²) >= 11 is 0. The number of aryl methyl sites for hydroxylation is 1. The number of methoxy groups -OCH3 is 1. The van der Waals surface area contributed by atoms with E-state index in [9.17, 15) is 8.42 Å². The predicted octanol–water partition coefficient (Wildman–Crippen LogP) is 0.388. The van der Waals surface area contributed by atoms with Crippen LogP contribution in [0.2, 0.25) is 0 Å². The maximum absolute atomic E-state index is 10.5. The fraction of sp³-hybridized carbons (Fsp3) is 0.400. The normalized spacial score (nSPS) is 11.8. The molecule has 4 N–H and O–H groups in total. The van der Waals surface area contributed by atoms with E-state index in [-0.39, 0.29) is 10.4 Å². The molecule has 0 radical (unpaired) electrons. The van der Waals surface area contributed by atoms with E-state index in [1.165, 1.54) is 19.2 Å². The smallest absolute Gasteiger partial charge is 0.294 e. The lowest BCUT2D eigenvalue weighted by atomic mass is 10.2. The van der Waals surface area contributed by atoms with Crippen LogP contribution in [0.15, 0.2) is 29.2 Å². The van der Waals surface area contributed by atoms with Gasteiger partial charge in [0.05, 0.1) is 4.90 Å². The molecule has 1 aromatic rings. The van der Waals surface area contributed by atoms with Crippen LogP contribution in [0.1, 0.15) is 12.5 Å². The molecule has 0 saturated carbocycles. The third-order valence-electron chi connectivity index (χ3n) is 1.66. The number of aliphatic hydroxyl groups excluding tert-OH is 1. The maximum atomic E-state index is 10.5. The van der Waals surface area contributed by atoms with Crippen molar-refractivity contribution in [3.05, 3.63) is 29.8 Å². The predicted molar refractivity (Wildman–Crippen MR) is 63.3 cm³/mol. The van der Waals surface area contributed by atoms with Crippen molar-refractivity contribution in [1.29, 1.82) is 0 Å². The largest absolute Gasteiger partial charge is 0.412 e. The van der Waals surface area contributed by atoms with Gasteiger partial charge in [-0.15, -0.1) is 0 Å². The monoisotopic (exact) mass is 266 g/mol. The lowest BCUT2D eigenvalue weighted by molar-refractivity contribution is -0.0584. The summed E-state index contributed by atoms with van der Waals surface area (Å²) in [5.41, 5.74) is 0.956. The highest BCUT2D eigenvalue weighted by Gasteiger charge is 2.06. The van der Waals surface area contributed by atoms with Crippen LogP contribution in [-0.4, -0.2) is 37.0 Å². The lowest BCUT2D eigenvalue weighted by Gasteiger charge is -1.95. The Labute approximate surface area is 101 Å². The summed E-state index contributed by atoms with van der Waals surface area (Å²) in [6, 6.07) is 5.99. The second-order valence-corrected chi connectivity index (χ2v) is 4.54. The van der Waals surface area contributed by atoms with Gasteiger partial charge in [-0.3, -0.25) is 4.55 Å². The summed E-state index contributed by atoms with van der Waals surface area (Å²) in [5, 5.41) is 8.14. The van der Waals surface area contributed by atoms with Crippen molar-refractivity contribution in [2.24, 2.45) is 0 Å². The minimum Gasteiger partial charge on any atom is -0.412 e. The van der Waals surface area contributed by atoms with Crippen molar-refractivity contribution < 1.29 is 28.3 Å². The molecule has 1 unspecified atom stereocenters. The molecule has 0 spiro atoms. The van der Waals surface area contributed by atoms with Crippen LogP contribution in [0.25, 0.3) is 0 Å². The van der Waals surface area contributed by atoms with Gasteiger partial charge in [-0.25, -0.2) is 0 Å². The van der Waals surface area contributed by atoms with Crippen molar-refractivity contribution in [3.8, 4) is 0 Å². The average Bonchev–Trinajstić information content (AvgIpc) is 2.18. The molecule has 1 atom stereocenters. The molecule has 0 amide bonds. The Kier molecular flexibility index (Phi) is 8.81. The molecule has 17 heavy (non-hydrogen) atoms. The van der Waals surface area contributed by atoms with Gasteiger partial charge >= 0.3 is 0 Å². The summed E-state index contributed by atoms with van der Waals surface area (Å²) in [6.45, 7) is 3.40. The molecule has 0 aromatic heterocycles. The quantitative estimate of drug-likeness (QED) is 0.593. The van der Waals surface area contributed by atoms with Gasteiger partial charge in [0.25, 0.3) is 10.1 Å². The molecule has 0 heterocycles. The fourth-order valence-electron chi connectivity index (χ4n) is 0.710. The van der Waals surface area contributed by atoms with E-state index in [1.54, 1.807) is 19.1 Å². The van der Waals surface area contributed by atoms with Crippen LogP contribution in [0.4, 0.5) is 0 Å². The zero-order valence-electron chi connectivity index (χ0n) is 9.91. The summed E-state index contributed by atoms with van der Waals surface area (Å²) in [6.07, 6.45) is -0.616. The van der Waals surface area contributed by atoms with Crippen LogP contribution < -0.4 is 0 Å². The first-order valence-electron chi connectivity index (χ1n) is 4.52. The molecule has 1 rings (SSSR count). The zero-order valence-corrected chi connectivity index (χ0v) is 10.7. The third-order valence-corrected chi connectivity index (χ3v) is 2.53. The van der Waals surface area contributed by atoms with Crippen molar-refractivity contribution >= 4 is 10.1 Å². The molecule has 0 bridgehead atoms. The Balaban J connectivity index is 0. The van der Waals surface area contributed by atoms with Crippen molar-refractivity contribution in [2.45, 2.75) is 25.0 Å². The van der Waals surface area contributed by atoms with Crippen LogP contribution in [0, 0.1) is 6.92 Å². The van der Waals surface area contributed by atoms with E-state index in [4.69, 9.17) is 9.66 Å².